The second-order valence-corrected chi connectivity index (χ2v) is 8.40. The van der Waals surface area contributed by atoms with E-state index in [1.54, 1.807) is 12.1 Å². The molecular formula is C22H24F2N4OS. The number of thioether (sulfide) groups is 1. The standard InChI is InChI=1S/C22H24F2N4OS/c1-16(21-25-20(26-29-21)18-5-3-2-4-6-18)28-13-11-27(12-14-28)15-17-7-9-19(10-8-17)30-22(23)24/h2-10,16,22H,11-15H2,1H3. The summed E-state index contributed by atoms with van der Waals surface area (Å²) in [6, 6.07) is 17.3. The van der Waals surface area contributed by atoms with Gasteiger partial charge in [0.05, 0.1) is 6.04 Å². The number of benzene rings is 2. The van der Waals surface area contributed by atoms with Crippen LogP contribution in [0.15, 0.2) is 64.0 Å². The molecule has 0 bridgehead atoms. The smallest absolute Gasteiger partial charge is 0.288 e. The van der Waals surface area contributed by atoms with Crippen molar-refractivity contribution in [3.8, 4) is 11.4 Å². The molecule has 2 aromatic carbocycles. The van der Waals surface area contributed by atoms with E-state index in [0.717, 1.165) is 43.9 Å². The summed E-state index contributed by atoms with van der Waals surface area (Å²) >= 11 is 0.581. The van der Waals surface area contributed by atoms with E-state index >= 15 is 0 Å². The molecule has 0 aliphatic carbocycles. The largest absolute Gasteiger partial charge is 0.337 e. The Labute approximate surface area is 179 Å². The van der Waals surface area contributed by atoms with Crippen molar-refractivity contribution in [3.05, 3.63) is 66.1 Å². The Bertz CT molecular complexity index is 928. The lowest BCUT2D eigenvalue weighted by atomic mass is 10.1. The predicted molar refractivity (Wildman–Crippen MR) is 113 cm³/mol. The van der Waals surface area contributed by atoms with Gasteiger partial charge in [0, 0.05) is 43.2 Å². The van der Waals surface area contributed by atoms with Crippen molar-refractivity contribution in [2.24, 2.45) is 0 Å². The van der Waals surface area contributed by atoms with Gasteiger partial charge in [-0.1, -0.05) is 59.4 Å². The van der Waals surface area contributed by atoms with Crippen LogP contribution in [0.5, 0.6) is 0 Å². The zero-order valence-electron chi connectivity index (χ0n) is 16.7. The first-order valence-corrected chi connectivity index (χ1v) is 10.9. The van der Waals surface area contributed by atoms with Gasteiger partial charge < -0.3 is 4.52 Å². The molecule has 1 fully saturated rings. The van der Waals surface area contributed by atoms with Crippen LogP contribution in [0.3, 0.4) is 0 Å². The number of rotatable bonds is 7. The number of aromatic nitrogens is 2. The van der Waals surface area contributed by atoms with Gasteiger partial charge in [0.1, 0.15) is 0 Å². The van der Waals surface area contributed by atoms with Gasteiger partial charge in [0.15, 0.2) is 0 Å². The molecule has 8 heteroatoms. The second kappa shape index (κ2) is 9.68. The van der Waals surface area contributed by atoms with Crippen LogP contribution in [0, 0.1) is 0 Å². The summed E-state index contributed by atoms with van der Waals surface area (Å²) in [5, 5.41) is 4.13. The molecule has 158 valence electrons. The van der Waals surface area contributed by atoms with E-state index in [4.69, 9.17) is 4.52 Å². The molecule has 30 heavy (non-hydrogen) atoms. The third-order valence-electron chi connectivity index (χ3n) is 5.34. The lowest BCUT2D eigenvalue weighted by Gasteiger charge is -2.36. The molecule has 0 saturated carbocycles. The van der Waals surface area contributed by atoms with Crippen molar-refractivity contribution < 1.29 is 13.3 Å². The van der Waals surface area contributed by atoms with Crippen LogP contribution in [0.2, 0.25) is 0 Å². The van der Waals surface area contributed by atoms with Gasteiger partial charge in [-0.15, -0.1) is 0 Å². The lowest BCUT2D eigenvalue weighted by molar-refractivity contribution is 0.0845. The molecule has 0 spiro atoms. The van der Waals surface area contributed by atoms with Gasteiger partial charge in [-0.05, 0) is 24.6 Å². The van der Waals surface area contributed by atoms with Gasteiger partial charge >= 0.3 is 0 Å². The Morgan fingerprint density at radius 1 is 1.00 bits per heavy atom. The number of halogens is 2. The van der Waals surface area contributed by atoms with Gasteiger partial charge in [0.2, 0.25) is 11.7 Å². The Kier molecular flexibility index (Phi) is 6.76. The fourth-order valence-corrected chi connectivity index (χ4v) is 4.11. The van der Waals surface area contributed by atoms with Gasteiger partial charge in [-0.2, -0.15) is 13.8 Å². The molecule has 2 heterocycles. The third-order valence-corrected chi connectivity index (χ3v) is 6.06. The second-order valence-electron chi connectivity index (χ2n) is 7.33. The van der Waals surface area contributed by atoms with E-state index in [9.17, 15) is 8.78 Å². The van der Waals surface area contributed by atoms with Crippen LogP contribution in [0.25, 0.3) is 11.4 Å². The third kappa shape index (κ3) is 5.24. The Hall–Kier alpha value is -2.29. The molecule has 1 saturated heterocycles. The maximum absolute atomic E-state index is 12.4. The van der Waals surface area contributed by atoms with E-state index < -0.39 is 5.76 Å². The molecule has 0 N–H and O–H groups in total. The van der Waals surface area contributed by atoms with E-state index in [-0.39, 0.29) is 6.04 Å². The fraction of sp³-hybridized carbons (Fsp3) is 0.364. The highest BCUT2D eigenvalue weighted by atomic mass is 32.2. The zero-order valence-corrected chi connectivity index (χ0v) is 17.6. The summed E-state index contributed by atoms with van der Waals surface area (Å²) in [7, 11) is 0. The van der Waals surface area contributed by atoms with Crippen LogP contribution >= 0.6 is 11.8 Å². The first-order valence-electron chi connectivity index (χ1n) is 9.97. The molecule has 1 aliphatic heterocycles. The predicted octanol–water partition coefficient (Wildman–Crippen LogP) is 4.93. The summed E-state index contributed by atoms with van der Waals surface area (Å²) in [6.07, 6.45) is 0. The highest BCUT2D eigenvalue weighted by Gasteiger charge is 2.26. The van der Waals surface area contributed by atoms with Crippen molar-refractivity contribution in [1.82, 2.24) is 19.9 Å². The van der Waals surface area contributed by atoms with Crippen molar-refractivity contribution in [2.75, 3.05) is 26.2 Å². The minimum Gasteiger partial charge on any atom is -0.337 e. The molecule has 3 aromatic rings. The molecule has 0 radical (unpaired) electrons. The number of alkyl halides is 2. The molecule has 1 aromatic heterocycles. The fourth-order valence-electron chi connectivity index (χ4n) is 3.61. The highest BCUT2D eigenvalue weighted by Crippen LogP contribution is 2.26. The quantitative estimate of drug-likeness (QED) is 0.495. The van der Waals surface area contributed by atoms with Crippen LogP contribution < -0.4 is 0 Å². The minimum absolute atomic E-state index is 0.0581. The first-order chi connectivity index (χ1) is 14.6. The number of nitrogens with zero attached hydrogens (tertiary/aromatic N) is 4. The number of hydrogen-bond acceptors (Lipinski definition) is 6. The maximum Gasteiger partial charge on any atom is 0.288 e. The van der Waals surface area contributed by atoms with Gasteiger partial charge in [0.25, 0.3) is 5.76 Å². The molecular weight excluding hydrogens is 406 g/mol. The number of piperazine rings is 1. The summed E-state index contributed by atoms with van der Waals surface area (Å²) < 4.78 is 30.4. The monoisotopic (exact) mass is 430 g/mol. The molecule has 1 atom stereocenters. The van der Waals surface area contributed by atoms with Crippen LogP contribution in [0.4, 0.5) is 8.78 Å². The molecule has 5 nitrogen and oxygen atoms in total. The van der Waals surface area contributed by atoms with E-state index in [2.05, 4.69) is 26.9 Å². The molecule has 1 unspecified atom stereocenters. The summed E-state index contributed by atoms with van der Waals surface area (Å²) in [6.45, 7) is 6.58. The highest BCUT2D eigenvalue weighted by molar-refractivity contribution is 7.99. The SMILES string of the molecule is CC(c1nc(-c2ccccc2)no1)N1CCN(Cc2ccc(SC(F)F)cc2)CC1. The van der Waals surface area contributed by atoms with Crippen molar-refractivity contribution in [1.29, 1.82) is 0 Å². The van der Waals surface area contributed by atoms with Gasteiger partial charge in [-0.3, -0.25) is 9.80 Å². The summed E-state index contributed by atoms with van der Waals surface area (Å²) in [5.74, 6) is -1.13. The Balaban J connectivity index is 1.29. The average molecular weight is 431 g/mol. The normalized spacial score (nSPS) is 16.8. The Morgan fingerprint density at radius 3 is 2.37 bits per heavy atom. The molecule has 0 amide bonds. The molecule has 4 rings (SSSR count). The Morgan fingerprint density at radius 2 is 1.70 bits per heavy atom. The summed E-state index contributed by atoms with van der Waals surface area (Å²) in [4.78, 5) is 9.91. The summed E-state index contributed by atoms with van der Waals surface area (Å²) in [5.41, 5.74) is 2.09. The van der Waals surface area contributed by atoms with Crippen LogP contribution in [-0.2, 0) is 6.54 Å². The van der Waals surface area contributed by atoms with Crippen molar-refractivity contribution in [2.45, 2.75) is 30.2 Å². The van der Waals surface area contributed by atoms with Crippen molar-refractivity contribution in [3.63, 3.8) is 0 Å². The van der Waals surface area contributed by atoms with Crippen molar-refractivity contribution >= 4 is 11.8 Å². The zero-order chi connectivity index (χ0) is 20.9. The van der Waals surface area contributed by atoms with Crippen LogP contribution in [0.1, 0.15) is 24.4 Å². The van der Waals surface area contributed by atoms with Crippen LogP contribution in [-0.4, -0.2) is 51.9 Å². The maximum atomic E-state index is 12.4. The average Bonchev–Trinajstić information content (AvgIpc) is 3.26. The van der Waals surface area contributed by atoms with Gasteiger partial charge in [-0.25, -0.2) is 0 Å². The van der Waals surface area contributed by atoms with E-state index in [0.29, 0.717) is 28.4 Å². The molecule has 1 aliphatic rings. The van der Waals surface area contributed by atoms with E-state index in [1.807, 2.05) is 42.5 Å². The van der Waals surface area contributed by atoms with E-state index in [1.165, 1.54) is 0 Å². The topological polar surface area (TPSA) is 45.4 Å². The first kappa shape index (κ1) is 21.0. The lowest BCUT2D eigenvalue weighted by Crippen LogP contribution is -2.46. The number of hydrogen-bond donors (Lipinski definition) is 0. The minimum atomic E-state index is -2.38.